The van der Waals surface area contributed by atoms with Gasteiger partial charge in [0.1, 0.15) is 5.75 Å². The second-order valence-corrected chi connectivity index (χ2v) is 6.90. The minimum Gasteiger partial charge on any atom is -0.493 e. The molecule has 3 aromatic carbocycles. The van der Waals surface area contributed by atoms with Gasteiger partial charge in [0.15, 0.2) is 0 Å². The van der Waals surface area contributed by atoms with Crippen molar-refractivity contribution in [3.63, 3.8) is 0 Å². The Kier molecular flexibility index (Phi) is 7.70. The predicted molar refractivity (Wildman–Crippen MR) is 118 cm³/mol. The molecular weight excluding hydrogens is 360 g/mol. The quantitative estimate of drug-likeness (QED) is 0.515. The lowest BCUT2D eigenvalue weighted by Crippen LogP contribution is -2.33. The van der Waals surface area contributed by atoms with Crippen molar-refractivity contribution < 1.29 is 9.53 Å². The molecule has 0 spiro atoms. The van der Waals surface area contributed by atoms with Crippen LogP contribution in [0.25, 0.3) is 0 Å². The van der Waals surface area contributed by atoms with Crippen LogP contribution in [0.3, 0.4) is 0 Å². The fraction of sp³-hybridized carbons (Fsp3) is 0.240. The topological polar surface area (TPSA) is 50.4 Å². The molecule has 1 atom stereocenters. The van der Waals surface area contributed by atoms with Gasteiger partial charge in [-0.25, -0.2) is 0 Å². The highest BCUT2D eigenvalue weighted by Crippen LogP contribution is 2.18. The Labute approximate surface area is 172 Å². The van der Waals surface area contributed by atoms with E-state index in [1.165, 1.54) is 5.56 Å². The Morgan fingerprint density at radius 2 is 1.66 bits per heavy atom. The molecule has 150 valence electrons. The van der Waals surface area contributed by atoms with Crippen molar-refractivity contribution in [1.82, 2.24) is 5.32 Å². The van der Waals surface area contributed by atoms with Crippen LogP contribution in [0.15, 0.2) is 84.9 Å². The average Bonchev–Trinajstić information content (AvgIpc) is 2.78. The number of nitrogens with one attached hydrogen (secondary N) is 2. The zero-order chi connectivity index (χ0) is 20.3. The maximum atomic E-state index is 12.4. The van der Waals surface area contributed by atoms with Crippen LogP contribution in [0.4, 0.5) is 5.69 Å². The number of hydrogen-bond acceptors (Lipinski definition) is 3. The lowest BCUT2D eigenvalue weighted by atomic mass is 10.0. The van der Waals surface area contributed by atoms with E-state index in [-0.39, 0.29) is 18.5 Å². The molecule has 1 amide bonds. The van der Waals surface area contributed by atoms with Gasteiger partial charge in [0.05, 0.1) is 19.2 Å². The molecule has 0 heterocycles. The predicted octanol–water partition coefficient (Wildman–Crippen LogP) is 4.99. The van der Waals surface area contributed by atoms with Gasteiger partial charge in [0.2, 0.25) is 5.91 Å². The molecule has 0 aromatic heterocycles. The van der Waals surface area contributed by atoms with Crippen LogP contribution in [-0.2, 0) is 11.2 Å². The van der Waals surface area contributed by atoms with Gasteiger partial charge in [0.25, 0.3) is 0 Å². The number of carbonyl (C=O) groups excluding carboxylic acids is 1. The van der Waals surface area contributed by atoms with E-state index in [0.29, 0.717) is 6.61 Å². The first-order valence-electron chi connectivity index (χ1n) is 10.1. The highest BCUT2D eigenvalue weighted by molar-refractivity contribution is 5.81. The molecule has 0 aliphatic carbocycles. The van der Waals surface area contributed by atoms with Gasteiger partial charge in [-0.05, 0) is 29.7 Å². The molecule has 0 fully saturated rings. The van der Waals surface area contributed by atoms with E-state index in [4.69, 9.17) is 4.74 Å². The van der Waals surface area contributed by atoms with E-state index in [0.717, 1.165) is 29.8 Å². The monoisotopic (exact) mass is 388 g/mol. The molecule has 0 aliphatic heterocycles. The second-order valence-electron chi connectivity index (χ2n) is 6.90. The molecule has 0 radical (unpaired) electrons. The summed E-state index contributed by atoms with van der Waals surface area (Å²) in [6, 6.07) is 28.1. The van der Waals surface area contributed by atoms with Gasteiger partial charge in [-0.2, -0.15) is 0 Å². The normalized spacial score (nSPS) is 11.5. The van der Waals surface area contributed by atoms with Crippen molar-refractivity contribution in [2.45, 2.75) is 25.8 Å². The smallest absolute Gasteiger partial charge is 0.239 e. The molecule has 3 rings (SSSR count). The average molecular weight is 389 g/mol. The molecule has 4 heteroatoms. The number of carbonyl (C=O) groups is 1. The summed E-state index contributed by atoms with van der Waals surface area (Å²) >= 11 is 0. The molecule has 2 N–H and O–H groups in total. The van der Waals surface area contributed by atoms with E-state index in [9.17, 15) is 4.79 Å². The van der Waals surface area contributed by atoms with Crippen molar-refractivity contribution in [2.75, 3.05) is 18.5 Å². The zero-order valence-corrected chi connectivity index (χ0v) is 16.8. The summed E-state index contributed by atoms with van der Waals surface area (Å²) < 4.78 is 5.86. The number of benzene rings is 3. The van der Waals surface area contributed by atoms with Crippen molar-refractivity contribution >= 4 is 11.6 Å². The number of rotatable bonds is 10. The first kappa shape index (κ1) is 20.5. The van der Waals surface area contributed by atoms with Crippen molar-refractivity contribution in [1.29, 1.82) is 0 Å². The lowest BCUT2D eigenvalue weighted by Gasteiger charge is -2.18. The Hall–Kier alpha value is -3.27. The van der Waals surface area contributed by atoms with E-state index in [2.05, 4.69) is 29.7 Å². The van der Waals surface area contributed by atoms with E-state index in [1.54, 1.807) is 0 Å². The summed E-state index contributed by atoms with van der Waals surface area (Å²) in [6.45, 7) is 2.90. The van der Waals surface area contributed by atoms with Crippen molar-refractivity contribution in [2.24, 2.45) is 0 Å². The highest BCUT2D eigenvalue weighted by Gasteiger charge is 2.12. The molecule has 0 saturated heterocycles. The summed E-state index contributed by atoms with van der Waals surface area (Å²) in [5.41, 5.74) is 3.24. The first-order valence-corrected chi connectivity index (χ1v) is 10.1. The van der Waals surface area contributed by atoms with Crippen LogP contribution in [0.5, 0.6) is 5.75 Å². The summed E-state index contributed by atoms with van der Waals surface area (Å²) in [7, 11) is 0. The summed E-state index contributed by atoms with van der Waals surface area (Å²) in [4.78, 5) is 12.4. The van der Waals surface area contributed by atoms with Gasteiger partial charge in [-0.15, -0.1) is 0 Å². The molecule has 0 bridgehead atoms. The van der Waals surface area contributed by atoms with Crippen LogP contribution >= 0.6 is 0 Å². The second kappa shape index (κ2) is 10.9. The number of amides is 1. The van der Waals surface area contributed by atoms with E-state index in [1.807, 2.05) is 72.8 Å². The number of hydrogen-bond donors (Lipinski definition) is 2. The standard InChI is InChI=1S/C25H28N2O2/c1-2-24(21-12-7-4-8-13-21)27-25(28)19-26-22-14-9-15-23(18-22)29-17-16-20-10-5-3-6-11-20/h3-15,18,24,26H,2,16-17,19H2,1H3,(H,27,28). The molecule has 0 aliphatic rings. The fourth-order valence-electron chi connectivity index (χ4n) is 3.16. The van der Waals surface area contributed by atoms with Crippen LogP contribution in [0, 0.1) is 0 Å². The van der Waals surface area contributed by atoms with Gasteiger partial charge >= 0.3 is 0 Å². The zero-order valence-electron chi connectivity index (χ0n) is 16.8. The van der Waals surface area contributed by atoms with Gasteiger partial charge < -0.3 is 15.4 Å². The van der Waals surface area contributed by atoms with Crippen molar-refractivity contribution in [3.8, 4) is 5.75 Å². The maximum absolute atomic E-state index is 12.4. The Balaban J connectivity index is 1.46. The third-order valence-electron chi connectivity index (χ3n) is 4.73. The van der Waals surface area contributed by atoms with E-state index >= 15 is 0 Å². The number of anilines is 1. The van der Waals surface area contributed by atoms with Gasteiger partial charge in [0, 0.05) is 18.2 Å². The number of ether oxygens (including phenoxy) is 1. The van der Waals surface area contributed by atoms with E-state index < -0.39 is 0 Å². The summed E-state index contributed by atoms with van der Waals surface area (Å²) in [5.74, 6) is 0.762. The van der Waals surface area contributed by atoms with Crippen LogP contribution in [-0.4, -0.2) is 19.1 Å². The Morgan fingerprint density at radius 3 is 2.38 bits per heavy atom. The highest BCUT2D eigenvalue weighted by atomic mass is 16.5. The molecule has 29 heavy (non-hydrogen) atoms. The Morgan fingerprint density at radius 1 is 0.931 bits per heavy atom. The first-order chi connectivity index (χ1) is 14.2. The van der Waals surface area contributed by atoms with Crippen molar-refractivity contribution in [3.05, 3.63) is 96.1 Å². The molecule has 4 nitrogen and oxygen atoms in total. The minimum atomic E-state index is -0.0314. The summed E-state index contributed by atoms with van der Waals surface area (Å²) in [6.07, 6.45) is 1.71. The third-order valence-corrected chi connectivity index (χ3v) is 4.73. The minimum absolute atomic E-state index is 0.0261. The third kappa shape index (κ3) is 6.68. The van der Waals surface area contributed by atoms with Crippen LogP contribution in [0.1, 0.15) is 30.5 Å². The van der Waals surface area contributed by atoms with Gasteiger partial charge in [-0.3, -0.25) is 4.79 Å². The molecule has 3 aromatic rings. The van der Waals surface area contributed by atoms with Gasteiger partial charge in [-0.1, -0.05) is 73.7 Å². The largest absolute Gasteiger partial charge is 0.493 e. The molecular formula is C25H28N2O2. The summed E-state index contributed by atoms with van der Waals surface area (Å²) in [5, 5.41) is 6.27. The molecule has 1 unspecified atom stereocenters. The molecule has 0 saturated carbocycles. The Bertz CT molecular complexity index is 882. The van der Waals surface area contributed by atoms with Crippen LogP contribution in [0.2, 0.25) is 0 Å². The lowest BCUT2D eigenvalue weighted by molar-refractivity contribution is -0.120. The maximum Gasteiger partial charge on any atom is 0.239 e. The van der Waals surface area contributed by atoms with Crippen LogP contribution < -0.4 is 15.4 Å². The fourth-order valence-corrected chi connectivity index (χ4v) is 3.16. The SMILES string of the molecule is CCC(NC(=O)CNc1cccc(OCCc2ccccc2)c1)c1ccccc1.